The molecule has 0 aliphatic carbocycles. The standard InChI is InChI=1S/C13H15F2N3O3/c1-19-9-5-6-10(12(21-3)11(9)20-2)7(18-16)4-8(17-6)13(14)15/h4-5,13H,16H2,1-3H3,(H,17,18). The van der Waals surface area contributed by atoms with Gasteiger partial charge in [-0.1, -0.05) is 0 Å². The number of halogens is 2. The van der Waals surface area contributed by atoms with Gasteiger partial charge in [0.15, 0.2) is 11.5 Å². The molecule has 6 nitrogen and oxygen atoms in total. The van der Waals surface area contributed by atoms with Crippen molar-refractivity contribution in [3.63, 3.8) is 0 Å². The number of nitrogens with one attached hydrogen (secondary N) is 1. The highest BCUT2D eigenvalue weighted by Crippen LogP contribution is 2.45. The number of benzene rings is 1. The molecule has 0 amide bonds. The number of anilines is 1. The van der Waals surface area contributed by atoms with E-state index in [0.29, 0.717) is 22.6 Å². The van der Waals surface area contributed by atoms with Gasteiger partial charge in [-0.15, -0.1) is 0 Å². The molecule has 0 aliphatic rings. The molecule has 0 radical (unpaired) electrons. The normalized spacial score (nSPS) is 10.8. The van der Waals surface area contributed by atoms with Gasteiger partial charge in [-0.05, 0) is 6.07 Å². The molecule has 0 unspecified atom stereocenters. The molecular weight excluding hydrogens is 284 g/mol. The van der Waals surface area contributed by atoms with E-state index in [1.54, 1.807) is 0 Å². The molecule has 2 aromatic rings. The van der Waals surface area contributed by atoms with Gasteiger partial charge in [-0.25, -0.2) is 13.8 Å². The Hall–Kier alpha value is -2.35. The second-order valence-electron chi connectivity index (χ2n) is 4.08. The maximum atomic E-state index is 12.9. The largest absolute Gasteiger partial charge is 0.493 e. The van der Waals surface area contributed by atoms with Crippen LogP contribution >= 0.6 is 0 Å². The fourth-order valence-electron chi connectivity index (χ4n) is 2.11. The summed E-state index contributed by atoms with van der Waals surface area (Å²) in [4.78, 5) is 3.91. The lowest BCUT2D eigenvalue weighted by molar-refractivity contribution is 0.146. The third kappa shape index (κ3) is 2.49. The lowest BCUT2D eigenvalue weighted by Crippen LogP contribution is -2.09. The molecule has 0 saturated carbocycles. The molecule has 0 spiro atoms. The molecule has 8 heteroatoms. The van der Waals surface area contributed by atoms with Gasteiger partial charge < -0.3 is 19.6 Å². The molecule has 0 bridgehead atoms. The zero-order valence-electron chi connectivity index (χ0n) is 11.7. The summed E-state index contributed by atoms with van der Waals surface area (Å²) in [6, 6.07) is 2.66. The Labute approximate surface area is 119 Å². The van der Waals surface area contributed by atoms with E-state index in [-0.39, 0.29) is 11.2 Å². The maximum Gasteiger partial charge on any atom is 0.280 e. The summed E-state index contributed by atoms with van der Waals surface area (Å²) in [5.74, 6) is 6.37. The number of ether oxygens (including phenoxy) is 3. The highest BCUT2D eigenvalue weighted by Gasteiger charge is 2.21. The summed E-state index contributed by atoms with van der Waals surface area (Å²) in [6.07, 6.45) is -2.72. The van der Waals surface area contributed by atoms with E-state index in [9.17, 15) is 8.78 Å². The van der Waals surface area contributed by atoms with E-state index in [4.69, 9.17) is 20.1 Å². The minimum Gasteiger partial charge on any atom is -0.493 e. The van der Waals surface area contributed by atoms with Crippen LogP contribution in [0.25, 0.3) is 10.9 Å². The molecule has 0 aliphatic heterocycles. The average molecular weight is 299 g/mol. The number of nitrogen functional groups attached to an aromatic ring is 1. The molecule has 0 fully saturated rings. The summed E-state index contributed by atoms with van der Waals surface area (Å²) in [5.41, 5.74) is 2.50. The first-order chi connectivity index (χ1) is 10.1. The summed E-state index contributed by atoms with van der Waals surface area (Å²) < 4.78 is 41.5. The van der Waals surface area contributed by atoms with Gasteiger partial charge in [0.2, 0.25) is 5.75 Å². The van der Waals surface area contributed by atoms with Crippen LogP contribution in [-0.2, 0) is 0 Å². The molecule has 1 aromatic heterocycles. The topological polar surface area (TPSA) is 78.6 Å². The molecule has 2 rings (SSSR count). The van der Waals surface area contributed by atoms with E-state index in [1.165, 1.54) is 33.5 Å². The van der Waals surface area contributed by atoms with Crippen LogP contribution in [-0.4, -0.2) is 26.3 Å². The second kappa shape index (κ2) is 5.96. The van der Waals surface area contributed by atoms with Gasteiger partial charge in [0, 0.05) is 6.07 Å². The molecule has 0 atom stereocenters. The summed E-state index contributed by atoms with van der Waals surface area (Å²) >= 11 is 0. The third-order valence-corrected chi connectivity index (χ3v) is 3.00. The first-order valence-corrected chi connectivity index (χ1v) is 5.95. The Kier molecular flexibility index (Phi) is 4.27. The number of rotatable bonds is 5. The van der Waals surface area contributed by atoms with E-state index in [0.717, 1.165) is 0 Å². The number of hydrogen-bond donors (Lipinski definition) is 2. The van der Waals surface area contributed by atoms with E-state index in [1.807, 2.05) is 0 Å². The molecular formula is C13H15F2N3O3. The Balaban J connectivity index is 2.90. The minimum atomic E-state index is -2.72. The number of aromatic nitrogens is 1. The first-order valence-electron chi connectivity index (χ1n) is 5.95. The molecule has 1 heterocycles. The number of nitrogens with zero attached hydrogens (tertiary/aromatic N) is 1. The predicted octanol–water partition coefficient (Wildman–Crippen LogP) is 2.48. The van der Waals surface area contributed by atoms with Gasteiger partial charge in [0.1, 0.15) is 5.69 Å². The van der Waals surface area contributed by atoms with Crippen molar-refractivity contribution in [1.29, 1.82) is 0 Å². The van der Waals surface area contributed by atoms with E-state index < -0.39 is 12.1 Å². The van der Waals surface area contributed by atoms with Gasteiger partial charge in [-0.3, -0.25) is 5.84 Å². The average Bonchev–Trinajstić information content (AvgIpc) is 2.51. The Morgan fingerprint density at radius 2 is 1.76 bits per heavy atom. The van der Waals surface area contributed by atoms with Crippen molar-refractivity contribution in [2.75, 3.05) is 26.8 Å². The number of hydrogen-bond acceptors (Lipinski definition) is 6. The summed E-state index contributed by atoms with van der Waals surface area (Å²) in [7, 11) is 4.31. The number of pyridine rings is 1. The zero-order valence-corrected chi connectivity index (χ0v) is 11.7. The molecule has 3 N–H and O–H groups in total. The molecule has 114 valence electrons. The fraction of sp³-hybridized carbons (Fsp3) is 0.308. The van der Waals surface area contributed by atoms with Crippen molar-refractivity contribution in [3.05, 3.63) is 17.8 Å². The van der Waals surface area contributed by atoms with E-state index >= 15 is 0 Å². The number of methoxy groups -OCH3 is 3. The highest BCUT2D eigenvalue weighted by molar-refractivity contribution is 6.00. The molecule has 0 saturated heterocycles. The predicted molar refractivity (Wildman–Crippen MR) is 74.2 cm³/mol. The summed E-state index contributed by atoms with van der Waals surface area (Å²) in [6.45, 7) is 0. The summed E-state index contributed by atoms with van der Waals surface area (Å²) in [5, 5.41) is 0.432. The number of hydrazine groups is 1. The van der Waals surface area contributed by atoms with Gasteiger partial charge in [-0.2, -0.15) is 0 Å². The second-order valence-corrected chi connectivity index (χ2v) is 4.08. The van der Waals surface area contributed by atoms with Crippen LogP contribution < -0.4 is 25.5 Å². The lowest BCUT2D eigenvalue weighted by atomic mass is 10.1. The van der Waals surface area contributed by atoms with Crippen LogP contribution in [0.4, 0.5) is 14.5 Å². The SMILES string of the molecule is COc1cc2nc(C(F)F)cc(NN)c2c(OC)c1OC. The van der Waals surface area contributed by atoms with Crippen LogP contribution in [0.3, 0.4) is 0 Å². The van der Waals surface area contributed by atoms with Crippen LogP contribution in [0.5, 0.6) is 17.2 Å². The lowest BCUT2D eigenvalue weighted by Gasteiger charge is -2.17. The van der Waals surface area contributed by atoms with Crippen molar-refractivity contribution in [2.24, 2.45) is 5.84 Å². The third-order valence-electron chi connectivity index (χ3n) is 3.00. The van der Waals surface area contributed by atoms with Gasteiger partial charge >= 0.3 is 0 Å². The van der Waals surface area contributed by atoms with Crippen LogP contribution in [0, 0.1) is 0 Å². The Morgan fingerprint density at radius 1 is 1.10 bits per heavy atom. The Morgan fingerprint density at radius 3 is 2.24 bits per heavy atom. The number of nitrogens with two attached hydrogens (primary N) is 1. The van der Waals surface area contributed by atoms with Crippen molar-refractivity contribution >= 4 is 16.6 Å². The monoisotopic (exact) mass is 299 g/mol. The van der Waals surface area contributed by atoms with Gasteiger partial charge in [0.05, 0.1) is 37.9 Å². The number of alkyl halides is 2. The van der Waals surface area contributed by atoms with Crippen LogP contribution in [0.2, 0.25) is 0 Å². The zero-order chi connectivity index (χ0) is 15.6. The van der Waals surface area contributed by atoms with Crippen LogP contribution in [0.1, 0.15) is 12.1 Å². The van der Waals surface area contributed by atoms with Crippen molar-refractivity contribution in [2.45, 2.75) is 6.43 Å². The molecule has 1 aromatic carbocycles. The highest BCUT2D eigenvalue weighted by atomic mass is 19.3. The smallest absolute Gasteiger partial charge is 0.280 e. The van der Waals surface area contributed by atoms with Crippen LogP contribution in [0.15, 0.2) is 12.1 Å². The molecule has 21 heavy (non-hydrogen) atoms. The minimum absolute atomic E-state index is 0.258. The van der Waals surface area contributed by atoms with Gasteiger partial charge in [0.25, 0.3) is 6.43 Å². The van der Waals surface area contributed by atoms with Crippen molar-refractivity contribution in [1.82, 2.24) is 4.98 Å². The Bertz CT molecular complexity index is 665. The fourth-order valence-corrected chi connectivity index (χ4v) is 2.11. The van der Waals surface area contributed by atoms with Crippen molar-refractivity contribution < 1.29 is 23.0 Å². The maximum absolute atomic E-state index is 12.9. The first kappa shape index (κ1) is 15.0. The quantitative estimate of drug-likeness (QED) is 0.652. The van der Waals surface area contributed by atoms with E-state index in [2.05, 4.69) is 10.4 Å². The number of fused-ring (bicyclic) bond motifs is 1. The van der Waals surface area contributed by atoms with Crippen molar-refractivity contribution in [3.8, 4) is 17.2 Å².